The average molecular weight is 406 g/mol. The van der Waals surface area contributed by atoms with Crippen LogP contribution in [-0.2, 0) is 0 Å². The van der Waals surface area contributed by atoms with Crippen molar-refractivity contribution in [1.29, 1.82) is 0 Å². The second-order valence-corrected chi connectivity index (χ2v) is 5.55. The molecule has 0 atom stereocenters. The van der Waals surface area contributed by atoms with Crippen LogP contribution < -0.4 is 0 Å². The van der Waals surface area contributed by atoms with Gasteiger partial charge >= 0.3 is 24.4 Å². The van der Waals surface area contributed by atoms with Crippen molar-refractivity contribution < 1.29 is 0 Å². The SMILES string of the molecule is CC(C)[N-]c1cccc2cccc([N-]C(C)C)c12.C[N-]C.[Sb+3]. The molecule has 2 radical (unpaired) electrons. The molecule has 2 rings (SSSR count). The van der Waals surface area contributed by atoms with E-state index in [-0.39, 0.29) is 24.4 Å². The zero-order valence-corrected chi connectivity index (χ0v) is 17.0. The predicted molar refractivity (Wildman–Crippen MR) is 101 cm³/mol. The molecule has 0 aliphatic rings. The fourth-order valence-electron chi connectivity index (χ4n) is 2.07. The van der Waals surface area contributed by atoms with Crippen molar-refractivity contribution in [1.82, 2.24) is 0 Å². The van der Waals surface area contributed by atoms with Gasteiger partial charge in [0.1, 0.15) is 0 Å². The van der Waals surface area contributed by atoms with Gasteiger partial charge in [0.25, 0.3) is 0 Å². The Bertz CT molecular complexity index is 508. The van der Waals surface area contributed by atoms with Crippen molar-refractivity contribution in [2.75, 3.05) is 14.1 Å². The van der Waals surface area contributed by atoms with Crippen molar-refractivity contribution in [3.63, 3.8) is 0 Å². The Morgan fingerprint density at radius 2 is 1.09 bits per heavy atom. The van der Waals surface area contributed by atoms with Crippen molar-refractivity contribution >= 4 is 46.6 Å². The molecule has 22 heavy (non-hydrogen) atoms. The summed E-state index contributed by atoms with van der Waals surface area (Å²) in [6.45, 7) is 8.39. The average Bonchev–Trinajstić information content (AvgIpc) is 2.38. The summed E-state index contributed by atoms with van der Waals surface area (Å²) in [5, 5.41) is 15.3. The molecular formula is C18H26N3Sb. The van der Waals surface area contributed by atoms with E-state index < -0.39 is 0 Å². The van der Waals surface area contributed by atoms with Gasteiger partial charge in [0.05, 0.1) is 0 Å². The maximum Gasteiger partial charge on any atom is 3.00 e. The van der Waals surface area contributed by atoms with Gasteiger partial charge in [0.2, 0.25) is 0 Å². The molecule has 0 saturated carbocycles. The standard InChI is InChI=1S/C16H20N2.C2H6N.Sb/c1-11(2)17-14-9-5-7-13-8-6-10-15(16(13)14)18-12(3)4;1-3-2;/h5-12H,1-4H3;1-2H3;/q-2;-1;+3. The van der Waals surface area contributed by atoms with E-state index in [1.807, 2.05) is 0 Å². The zero-order valence-electron chi connectivity index (χ0n) is 14.4. The zero-order chi connectivity index (χ0) is 15.8. The minimum absolute atomic E-state index is 0. The van der Waals surface area contributed by atoms with Gasteiger partial charge in [-0.3, -0.25) is 0 Å². The predicted octanol–water partition coefficient (Wildman–Crippen LogP) is 5.91. The summed E-state index contributed by atoms with van der Waals surface area (Å²) in [6.07, 6.45) is 0. The Kier molecular flexibility index (Phi) is 10.3. The summed E-state index contributed by atoms with van der Waals surface area (Å²) in [5.41, 5.74) is 2.09. The van der Waals surface area contributed by atoms with E-state index >= 15 is 0 Å². The first-order valence-corrected chi connectivity index (χ1v) is 7.41. The molecule has 0 saturated heterocycles. The van der Waals surface area contributed by atoms with E-state index in [2.05, 4.69) is 69.4 Å². The summed E-state index contributed by atoms with van der Waals surface area (Å²) in [5.74, 6) is 0. The van der Waals surface area contributed by atoms with Crippen molar-refractivity contribution in [3.8, 4) is 0 Å². The summed E-state index contributed by atoms with van der Waals surface area (Å²) in [6, 6.07) is 13.1. The molecule has 0 unspecified atom stereocenters. The Labute approximate surface area is 152 Å². The van der Waals surface area contributed by atoms with Crippen LogP contribution in [0.3, 0.4) is 0 Å². The maximum atomic E-state index is 4.70. The topological polar surface area (TPSA) is 42.3 Å². The van der Waals surface area contributed by atoms with E-state index in [1.165, 1.54) is 10.8 Å². The Morgan fingerprint density at radius 1 is 0.727 bits per heavy atom. The van der Waals surface area contributed by atoms with Crippen LogP contribution in [0.5, 0.6) is 0 Å². The Hall–Kier alpha value is -0.922. The number of rotatable bonds is 4. The quantitative estimate of drug-likeness (QED) is 0.567. The molecule has 0 fully saturated rings. The van der Waals surface area contributed by atoms with Gasteiger partial charge in [-0.1, -0.05) is 64.1 Å². The number of fused-ring (bicyclic) bond motifs is 1. The van der Waals surface area contributed by atoms with Crippen LogP contribution in [0.25, 0.3) is 26.7 Å². The number of nitrogens with zero attached hydrogens (tertiary/aromatic N) is 3. The molecule has 118 valence electrons. The van der Waals surface area contributed by atoms with E-state index in [4.69, 9.17) is 10.6 Å². The van der Waals surface area contributed by atoms with Gasteiger partial charge in [-0.15, -0.1) is 23.5 Å². The van der Waals surface area contributed by atoms with Gasteiger partial charge in [-0.2, -0.15) is 14.1 Å². The second kappa shape index (κ2) is 10.7. The van der Waals surface area contributed by atoms with Gasteiger partial charge in [-0.05, 0) is 10.8 Å². The van der Waals surface area contributed by atoms with E-state index in [9.17, 15) is 0 Å². The monoisotopic (exact) mass is 405 g/mol. The molecular weight excluding hydrogens is 380 g/mol. The smallest absolute Gasteiger partial charge is 0.682 e. The van der Waals surface area contributed by atoms with Crippen LogP contribution in [0.2, 0.25) is 0 Å². The van der Waals surface area contributed by atoms with Crippen LogP contribution in [0.4, 0.5) is 11.4 Å². The van der Waals surface area contributed by atoms with Crippen LogP contribution >= 0.6 is 0 Å². The van der Waals surface area contributed by atoms with Gasteiger partial charge in [-0.25, -0.2) is 0 Å². The maximum absolute atomic E-state index is 4.70. The molecule has 0 aromatic heterocycles. The molecule has 4 heteroatoms. The summed E-state index contributed by atoms with van der Waals surface area (Å²) in [7, 11) is 3.50. The molecule has 2 aromatic carbocycles. The minimum Gasteiger partial charge on any atom is -0.682 e. The third kappa shape index (κ3) is 6.46. The molecule has 2 aromatic rings. The fourth-order valence-corrected chi connectivity index (χ4v) is 2.07. The molecule has 0 aliphatic carbocycles. The molecule has 0 heterocycles. The molecule has 0 aliphatic heterocycles. The Morgan fingerprint density at radius 3 is 1.41 bits per heavy atom. The third-order valence-electron chi connectivity index (χ3n) is 2.66. The van der Waals surface area contributed by atoms with E-state index in [1.54, 1.807) is 14.1 Å². The van der Waals surface area contributed by atoms with Crippen molar-refractivity contribution in [2.45, 2.75) is 39.8 Å². The van der Waals surface area contributed by atoms with Crippen LogP contribution in [0, 0.1) is 0 Å². The molecule has 0 bridgehead atoms. The molecule has 0 spiro atoms. The van der Waals surface area contributed by atoms with Gasteiger partial charge in [0, 0.05) is 0 Å². The number of hydrogen-bond acceptors (Lipinski definition) is 0. The third-order valence-corrected chi connectivity index (χ3v) is 2.66. The first kappa shape index (κ1) is 21.1. The summed E-state index contributed by atoms with van der Waals surface area (Å²) >= 11 is 0. The summed E-state index contributed by atoms with van der Waals surface area (Å²) < 4.78 is 0. The first-order chi connectivity index (χ1) is 9.99. The molecule has 0 N–H and O–H groups in total. The summed E-state index contributed by atoms with van der Waals surface area (Å²) in [4.78, 5) is 0. The molecule has 3 nitrogen and oxygen atoms in total. The Balaban J connectivity index is 0.00000102. The van der Waals surface area contributed by atoms with Gasteiger partial charge in [0.15, 0.2) is 0 Å². The van der Waals surface area contributed by atoms with Gasteiger partial charge < -0.3 is 16.0 Å². The van der Waals surface area contributed by atoms with Crippen LogP contribution in [-0.4, -0.2) is 50.6 Å². The van der Waals surface area contributed by atoms with Crippen LogP contribution in [0.1, 0.15) is 27.7 Å². The van der Waals surface area contributed by atoms with E-state index in [0.717, 1.165) is 11.4 Å². The largest absolute Gasteiger partial charge is 3.00 e. The fraction of sp³-hybridized carbons (Fsp3) is 0.444. The minimum atomic E-state index is 0. The number of hydrogen-bond donors (Lipinski definition) is 0. The second-order valence-electron chi connectivity index (χ2n) is 5.55. The normalized spacial score (nSPS) is 10.0. The van der Waals surface area contributed by atoms with Crippen molar-refractivity contribution in [3.05, 3.63) is 52.3 Å². The molecule has 0 amide bonds. The van der Waals surface area contributed by atoms with E-state index in [0.29, 0.717) is 12.1 Å². The van der Waals surface area contributed by atoms with Crippen molar-refractivity contribution in [2.24, 2.45) is 0 Å². The first-order valence-electron chi connectivity index (χ1n) is 7.41. The number of benzene rings is 2. The van der Waals surface area contributed by atoms with Crippen LogP contribution in [0.15, 0.2) is 36.4 Å².